The van der Waals surface area contributed by atoms with Gasteiger partial charge in [-0.3, -0.25) is 9.48 Å². The van der Waals surface area contributed by atoms with Gasteiger partial charge in [-0.25, -0.2) is 9.97 Å². The Balaban J connectivity index is 1.54. The lowest BCUT2D eigenvalue weighted by atomic mass is 10.0. The second-order valence-corrected chi connectivity index (χ2v) is 9.39. The first-order valence-corrected chi connectivity index (χ1v) is 12.4. The molecule has 3 aromatic heterocycles. The zero-order valence-electron chi connectivity index (χ0n) is 21.2. The van der Waals surface area contributed by atoms with Crippen molar-refractivity contribution in [3.05, 3.63) is 77.9 Å². The van der Waals surface area contributed by atoms with E-state index in [1.165, 1.54) is 4.68 Å². The third kappa shape index (κ3) is 4.39. The first-order chi connectivity index (χ1) is 18.5. The maximum atomic E-state index is 11.4. The van der Waals surface area contributed by atoms with Crippen LogP contribution in [0.4, 0.5) is 5.82 Å². The van der Waals surface area contributed by atoms with Crippen molar-refractivity contribution in [3.63, 3.8) is 0 Å². The Kier molecular flexibility index (Phi) is 6.09. The molecular weight excluding hydrogens is 482 g/mol. The highest BCUT2D eigenvalue weighted by atomic mass is 16.5. The zero-order chi connectivity index (χ0) is 26.2. The predicted octanol–water partition coefficient (Wildman–Crippen LogP) is 3.83. The number of amides is 1. The van der Waals surface area contributed by atoms with Crippen LogP contribution in [-0.2, 0) is 16.1 Å². The normalized spacial score (nSPS) is 15.7. The standard InChI is InChI=1S/C28H27N7O3/c1-17-26(18(2)38-33-17)20-8-9-23-22(12-20)28(32-27(31-23)21-13-30-34(14-21)15-25(29)36)35-10-11-37-16-24(35)19-6-4-3-5-7-19/h3-9,12-14,24H,10-11,15-16H2,1-2H3,(H2,29,36). The number of rotatable bonds is 6. The molecule has 1 amide bonds. The van der Waals surface area contributed by atoms with E-state index in [-0.39, 0.29) is 12.6 Å². The number of benzene rings is 2. The van der Waals surface area contributed by atoms with Gasteiger partial charge in [-0.1, -0.05) is 41.6 Å². The SMILES string of the molecule is Cc1noc(C)c1-c1ccc2nc(-c3cnn(CC(N)=O)c3)nc(N3CCOCC3c3ccccc3)c2c1. The summed E-state index contributed by atoms with van der Waals surface area (Å²) < 4.78 is 12.8. The Hall–Kier alpha value is -4.57. The molecule has 0 radical (unpaired) electrons. The maximum Gasteiger partial charge on any atom is 0.239 e. The number of hydrogen-bond acceptors (Lipinski definition) is 8. The number of morpholine rings is 1. The van der Waals surface area contributed by atoms with E-state index < -0.39 is 5.91 Å². The Labute approximate surface area is 219 Å². The monoisotopic (exact) mass is 509 g/mol. The van der Waals surface area contributed by atoms with Crippen LogP contribution >= 0.6 is 0 Å². The van der Waals surface area contributed by atoms with Gasteiger partial charge >= 0.3 is 0 Å². The fourth-order valence-corrected chi connectivity index (χ4v) is 5.04. The van der Waals surface area contributed by atoms with Crippen LogP contribution in [0.2, 0.25) is 0 Å². The van der Waals surface area contributed by atoms with Crippen molar-refractivity contribution < 1.29 is 14.1 Å². The van der Waals surface area contributed by atoms with E-state index in [2.05, 4.69) is 33.4 Å². The van der Waals surface area contributed by atoms with Crippen molar-refractivity contribution in [2.24, 2.45) is 5.73 Å². The molecule has 1 fully saturated rings. The molecule has 5 aromatic rings. The van der Waals surface area contributed by atoms with Crippen LogP contribution in [0.25, 0.3) is 33.4 Å². The lowest BCUT2D eigenvalue weighted by Crippen LogP contribution is -2.40. The number of carbonyl (C=O) groups is 1. The smallest absolute Gasteiger partial charge is 0.239 e. The number of nitrogens with two attached hydrogens (primary N) is 1. The van der Waals surface area contributed by atoms with Crippen molar-refractivity contribution in [2.45, 2.75) is 26.4 Å². The molecule has 4 heterocycles. The molecule has 1 atom stereocenters. The van der Waals surface area contributed by atoms with Gasteiger partial charge in [0, 0.05) is 23.7 Å². The van der Waals surface area contributed by atoms with Crippen molar-refractivity contribution in [1.29, 1.82) is 0 Å². The van der Waals surface area contributed by atoms with Crippen molar-refractivity contribution >= 4 is 22.6 Å². The molecule has 0 aliphatic carbocycles. The zero-order valence-corrected chi connectivity index (χ0v) is 21.2. The molecule has 0 bridgehead atoms. The number of aryl methyl sites for hydroxylation is 2. The Morgan fingerprint density at radius 1 is 1.11 bits per heavy atom. The molecule has 10 heteroatoms. The predicted molar refractivity (Wildman–Crippen MR) is 142 cm³/mol. The molecule has 1 aliphatic rings. The molecule has 0 spiro atoms. The summed E-state index contributed by atoms with van der Waals surface area (Å²) in [6, 6.07) is 16.4. The highest BCUT2D eigenvalue weighted by Gasteiger charge is 2.28. The second kappa shape index (κ2) is 9.71. The van der Waals surface area contributed by atoms with E-state index >= 15 is 0 Å². The second-order valence-electron chi connectivity index (χ2n) is 9.39. The summed E-state index contributed by atoms with van der Waals surface area (Å²) in [5.74, 6) is 1.62. The molecular formula is C28H27N7O3. The van der Waals surface area contributed by atoms with Crippen molar-refractivity contribution in [2.75, 3.05) is 24.7 Å². The number of anilines is 1. The van der Waals surface area contributed by atoms with Gasteiger partial charge in [0.2, 0.25) is 5.91 Å². The number of primary amides is 1. The molecule has 2 N–H and O–H groups in total. The quantitative estimate of drug-likeness (QED) is 0.366. The van der Waals surface area contributed by atoms with Gasteiger partial charge < -0.3 is 19.9 Å². The topological polar surface area (TPSA) is 125 Å². The van der Waals surface area contributed by atoms with E-state index in [1.54, 1.807) is 12.4 Å². The van der Waals surface area contributed by atoms with E-state index in [0.29, 0.717) is 31.1 Å². The van der Waals surface area contributed by atoms with Crippen LogP contribution in [0, 0.1) is 13.8 Å². The minimum absolute atomic E-state index is 0.0131. The summed E-state index contributed by atoms with van der Waals surface area (Å²) in [5, 5.41) is 9.32. The van der Waals surface area contributed by atoms with Gasteiger partial charge in [-0.05, 0) is 37.1 Å². The number of carbonyl (C=O) groups excluding carboxylic acids is 1. The summed E-state index contributed by atoms with van der Waals surface area (Å²) >= 11 is 0. The largest absolute Gasteiger partial charge is 0.377 e. The van der Waals surface area contributed by atoms with Crippen LogP contribution in [0.15, 0.2) is 65.4 Å². The molecule has 1 aliphatic heterocycles. The third-order valence-corrected chi connectivity index (χ3v) is 6.79. The highest BCUT2D eigenvalue weighted by Crippen LogP contribution is 2.37. The maximum absolute atomic E-state index is 11.4. The molecule has 1 unspecified atom stereocenters. The van der Waals surface area contributed by atoms with Gasteiger partial charge in [-0.15, -0.1) is 0 Å². The van der Waals surface area contributed by atoms with Crippen LogP contribution in [0.5, 0.6) is 0 Å². The lowest BCUT2D eigenvalue weighted by Gasteiger charge is -2.37. The number of aromatic nitrogens is 5. The molecule has 192 valence electrons. The van der Waals surface area contributed by atoms with Crippen molar-refractivity contribution in [3.8, 4) is 22.5 Å². The minimum atomic E-state index is -0.467. The number of nitrogens with zero attached hydrogens (tertiary/aromatic N) is 6. The van der Waals surface area contributed by atoms with E-state index in [9.17, 15) is 4.79 Å². The fourth-order valence-electron chi connectivity index (χ4n) is 5.04. The number of fused-ring (bicyclic) bond motifs is 1. The summed E-state index contributed by atoms with van der Waals surface area (Å²) in [6.07, 6.45) is 3.39. The molecule has 0 saturated carbocycles. The molecule has 2 aromatic carbocycles. The average Bonchev–Trinajstić information content (AvgIpc) is 3.53. The number of hydrogen-bond donors (Lipinski definition) is 1. The van der Waals surface area contributed by atoms with E-state index in [0.717, 1.165) is 44.9 Å². The van der Waals surface area contributed by atoms with Gasteiger partial charge in [0.1, 0.15) is 18.1 Å². The first-order valence-electron chi connectivity index (χ1n) is 12.4. The van der Waals surface area contributed by atoms with E-state index in [4.69, 9.17) is 25.0 Å². The average molecular weight is 510 g/mol. The number of ether oxygens (including phenoxy) is 1. The van der Waals surface area contributed by atoms with Crippen LogP contribution in [0.1, 0.15) is 23.1 Å². The summed E-state index contributed by atoms with van der Waals surface area (Å²) in [6.45, 7) is 5.64. The Morgan fingerprint density at radius 3 is 2.71 bits per heavy atom. The molecule has 1 saturated heterocycles. The first kappa shape index (κ1) is 23.8. The third-order valence-electron chi connectivity index (χ3n) is 6.79. The minimum Gasteiger partial charge on any atom is -0.377 e. The molecule has 10 nitrogen and oxygen atoms in total. The molecule has 38 heavy (non-hydrogen) atoms. The summed E-state index contributed by atoms with van der Waals surface area (Å²) in [4.78, 5) is 23.6. The van der Waals surface area contributed by atoms with Crippen LogP contribution in [-0.4, -0.2) is 50.6 Å². The van der Waals surface area contributed by atoms with Gasteiger partial charge in [0.25, 0.3) is 0 Å². The van der Waals surface area contributed by atoms with E-state index in [1.807, 2.05) is 44.2 Å². The summed E-state index contributed by atoms with van der Waals surface area (Å²) in [7, 11) is 0. The van der Waals surface area contributed by atoms with Crippen molar-refractivity contribution in [1.82, 2.24) is 24.9 Å². The van der Waals surface area contributed by atoms with Crippen LogP contribution < -0.4 is 10.6 Å². The fraction of sp³-hybridized carbons (Fsp3) is 0.250. The Morgan fingerprint density at radius 2 is 1.95 bits per heavy atom. The van der Waals surface area contributed by atoms with Gasteiger partial charge in [0.15, 0.2) is 5.82 Å². The lowest BCUT2D eigenvalue weighted by molar-refractivity contribution is -0.118. The van der Waals surface area contributed by atoms with Gasteiger partial charge in [-0.2, -0.15) is 5.10 Å². The van der Waals surface area contributed by atoms with Crippen LogP contribution in [0.3, 0.4) is 0 Å². The summed E-state index contributed by atoms with van der Waals surface area (Å²) in [5.41, 5.74) is 10.8. The Bertz CT molecular complexity index is 1610. The molecule has 6 rings (SSSR count). The highest BCUT2D eigenvalue weighted by molar-refractivity contribution is 5.95. The van der Waals surface area contributed by atoms with Gasteiger partial charge in [0.05, 0.1) is 42.2 Å².